The lowest BCUT2D eigenvalue weighted by molar-refractivity contribution is 0.0593. The average Bonchev–Trinajstić information content (AvgIpc) is 3.04. The monoisotopic (exact) mass is 437 g/mol. The molecule has 2 heterocycles. The molecular formula is C25H27NO4S. The molecule has 0 spiro atoms. The molecule has 1 aliphatic heterocycles. The molecule has 1 aliphatic rings. The third kappa shape index (κ3) is 4.14. The maximum absolute atomic E-state index is 13.5. The van der Waals surface area contributed by atoms with Crippen LogP contribution in [0.25, 0.3) is 11.0 Å². The first-order chi connectivity index (χ1) is 14.9. The molecule has 0 saturated heterocycles. The highest BCUT2D eigenvalue weighted by molar-refractivity contribution is 7.98. The number of rotatable bonds is 7. The van der Waals surface area contributed by atoms with E-state index in [1.165, 1.54) is 0 Å². The largest absolute Gasteiger partial charge is 0.450 e. The zero-order valence-corrected chi connectivity index (χ0v) is 19.1. The summed E-state index contributed by atoms with van der Waals surface area (Å²) in [6, 6.07) is 13.1. The molecule has 3 aromatic rings. The molecule has 0 saturated carbocycles. The van der Waals surface area contributed by atoms with Gasteiger partial charge in [0.2, 0.25) is 5.76 Å². The minimum atomic E-state index is -0.460. The number of fused-ring (bicyclic) bond motifs is 2. The van der Waals surface area contributed by atoms with Gasteiger partial charge >= 0.3 is 0 Å². The van der Waals surface area contributed by atoms with Crippen molar-refractivity contribution >= 4 is 28.6 Å². The van der Waals surface area contributed by atoms with E-state index in [1.807, 2.05) is 63.4 Å². The number of carbonyl (C=O) groups excluding carboxylic acids is 1. The molecule has 4 rings (SSSR count). The van der Waals surface area contributed by atoms with Gasteiger partial charge in [0.05, 0.1) is 23.1 Å². The van der Waals surface area contributed by atoms with Crippen LogP contribution in [0.1, 0.15) is 53.6 Å². The van der Waals surface area contributed by atoms with E-state index in [9.17, 15) is 9.59 Å². The van der Waals surface area contributed by atoms with E-state index in [1.54, 1.807) is 22.7 Å². The van der Waals surface area contributed by atoms with E-state index in [4.69, 9.17) is 9.15 Å². The molecule has 1 unspecified atom stereocenters. The van der Waals surface area contributed by atoms with E-state index >= 15 is 0 Å². The standard InChI is InChI=1S/C25H27NO4S/c1-15(2)29-13-5-12-26-22(17-7-9-18(31-4)10-8-17)21-23(27)19-14-16(3)6-11-20(19)30-24(21)25(26)28/h6-11,14-15,22H,5,12-13H2,1-4H3. The van der Waals surface area contributed by atoms with Crippen molar-refractivity contribution in [2.75, 3.05) is 19.4 Å². The van der Waals surface area contributed by atoms with E-state index in [0.29, 0.717) is 36.1 Å². The maximum Gasteiger partial charge on any atom is 0.290 e. The Morgan fingerprint density at radius 1 is 1.13 bits per heavy atom. The van der Waals surface area contributed by atoms with Gasteiger partial charge in [-0.1, -0.05) is 23.8 Å². The second kappa shape index (κ2) is 8.89. The predicted octanol–water partition coefficient (Wildman–Crippen LogP) is 5.18. The van der Waals surface area contributed by atoms with Gasteiger partial charge in [-0.25, -0.2) is 0 Å². The molecule has 0 bridgehead atoms. The number of carbonyl (C=O) groups is 1. The van der Waals surface area contributed by atoms with Gasteiger partial charge in [-0.2, -0.15) is 0 Å². The van der Waals surface area contributed by atoms with Crippen LogP contribution in [-0.4, -0.2) is 36.3 Å². The third-order valence-corrected chi connectivity index (χ3v) is 6.29. The Bertz CT molecular complexity index is 1170. The van der Waals surface area contributed by atoms with Crippen LogP contribution >= 0.6 is 11.8 Å². The summed E-state index contributed by atoms with van der Waals surface area (Å²) in [5, 5.41) is 0.516. The summed E-state index contributed by atoms with van der Waals surface area (Å²) in [4.78, 5) is 29.7. The SMILES string of the molecule is CSc1ccc(C2c3c(oc4ccc(C)cc4c3=O)C(=O)N2CCCOC(C)C)cc1. The molecule has 162 valence electrons. The van der Waals surface area contributed by atoms with Crippen molar-refractivity contribution in [3.05, 3.63) is 75.1 Å². The van der Waals surface area contributed by atoms with Gasteiger partial charge in [-0.3, -0.25) is 9.59 Å². The first kappa shape index (κ1) is 21.7. The molecular weight excluding hydrogens is 410 g/mol. The summed E-state index contributed by atoms with van der Waals surface area (Å²) in [6.45, 7) is 6.96. The van der Waals surface area contributed by atoms with Gasteiger partial charge < -0.3 is 14.1 Å². The van der Waals surface area contributed by atoms with E-state index < -0.39 is 6.04 Å². The highest BCUT2D eigenvalue weighted by Gasteiger charge is 2.42. The van der Waals surface area contributed by atoms with Crippen LogP contribution in [0, 0.1) is 6.92 Å². The Morgan fingerprint density at radius 2 is 1.87 bits per heavy atom. The lowest BCUT2D eigenvalue weighted by Gasteiger charge is -2.25. The topological polar surface area (TPSA) is 59.8 Å². The van der Waals surface area contributed by atoms with E-state index in [0.717, 1.165) is 16.0 Å². The van der Waals surface area contributed by atoms with Crippen molar-refractivity contribution in [2.24, 2.45) is 0 Å². The summed E-state index contributed by atoms with van der Waals surface area (Å²) >= 11 is 1.66. The van der Waals surface area contributed by atoms with Crippen LogP contribution in [-0.2, 0) is 4.74 Å². The van der Waals surface area contributed by atoms with Crippen molar-refractivity contribution in [1.82, 2.24) is 4.90 Å². The zero-order chi connectivity index (χ0) is 22.1. The molecule has 0 fully saturated rings. The van der Waals surface area contributed by atoms with Crippen LogP contribution < -0.4 is 5.43 Å². The highest BCUT2D eigenvalue weighted by Crippen LogP contribution is 2.38. The number of thioether (sulfide) groups is 1. The number of hydrogen-bond donors (Lipinski definition) is 0. The molecule has 0 N–H and O–H groups in total. The second-order valence-corrected chi connectivity index (χ2v) is 9.00. The Kier molecular flexibility index (Phi) is 6.21. The van der Waals surface area contributed by atoms with Gasteiger partial charge in [0, 0.05) is 18.0 Å². The minimum absolute atomic E-state index is 0.131. The van der Waals surface area contributed by atoms with Crippen LogP contribution in [0.4, 0.5) is 0 Å². The Balaban J connectivity index is 1.81. The van der Waals surface area contributed by atoms with Crippen molar-refractivity contribution < 1.29 is 13.9 Å². The first-order valence-electron chi connectivity index (χ1n) is 10.5. The quantitative estimate of drug-likeness (QED) is 0.376. The Hall–Kier alpha value is -2.57. The van der Waals surface area contributed by atoms with Gasteiger partial charge in [-0.15, -0.1) is 11.8 Å². The molecule has 1 aromatic heterocycles. The second-order valence-electron chi connectivity index (χ2n) is 8.12. The zero-order valence-electron chi connectivity index (χ0n) is 18.3. The molecule has 1 atom stereocenters. The van der Waals surface area contributed by atoms with Crippen molar-refractivity contribution in [3.63, 3.8) is 0 Å². The van der Waals surface area contributed by atoms with Crippen molar-refractivity contribution in [3.8, 4) is 0 Å². The summed E-state index contributed by atoms with van der Waals surface area (Å²) < 4.78 is 11.7. The summed E-state index contributed by atoms with van der Waals surface area (Å²) in [6.07, 6.45) is 2.84. The van der Waals surface area contributed by atoms with E-state index in [2.05, 4.69) is 0 Å². The molecule has 1 amide bonds. The number of hydrogen-bond acceptors (Lipinski definition) is 5. The Labute approximate surface area is 186 Å². The Morgan fingerprint density at radius 3 is 2.55 bits per heavy atom. The summed E-state index contributed by atoms with van der Waals surface area (Å²) in [5.41, 5.74) is 2.64. The molecule has 0 radical (unpaired) electrons. The van der Waals surface area contributed by atoms with Crippen molar-refractivity contribution in [1.29, 1.82) is 0 Å². The minimum Gasteiger partial charge on any atom is -0.450 e. The van der Waals surface area contributed by atoms with Crippen molar-refractivity contribution in [2.45, 2.75) is 44.2 Å². The fourth-order valence-electron chi connectivity index (χ4n) is 4.05. The number of aryl methyl sites for hydroxylation is 1. The summed E-state index contributed by atoms with van der Waals surface area (Å²) in [7, 11) is 0. The maximum atomic E-state index is 13.5. The van der Waals surface area contributed by atoms with Crippen LogP contribution in [0.3, 0.4) is 0 Å². The predicted molar refractivity (Wildman–Crippen MR) is 124 cm³/mol. The highest BCUT2D eigenvalue weighted by atomic mass is 32.2. The molecule has 31 heavy (non-hydrogen) atoms. The molecule has 0 aliphatic carbocycles. The van der Waals surface area contributed by atoms with Gasteiger partial charge in [0.15, 0.2) is 5.43 Å². The lowest BCUT2D eigenvalue weighted by atomic mass is 9.98. The number of benzene rings is 2. The summed E-state index contributed by atoms with van der Waals surface area (Å²) in [5.74, 6) is -0.0804. The van der Waals surface area contributed by atoms with Gasteiger partial charge in [0.25, 0.3) is 5.91 Å². The smallest absolute Gasteiger partial charge is 0.290 e. The lowest BCUT2D eigenvalue weighted by Crippen LogP contribution is -2.31. The fraction of sp³-hybridized carbons (Fsp3) is 0.360. The van der Waals surface area contributed by atoms with Crippen LogP contribution in [0.15, 0.2) is 56.6 Å². The average molecular weight is 438 g/mol. The first-order valence-corrected chi connectivity index (χ1v) is 11.8. The normalized spacial score (nSPS) is 15.8. The van der Waals surface area contributed by atoms with Crippen LogP contribution in [0.5, 0.6) is 0 Å². The number of nitrogens with zero attached hydrogens (tertiary/aromatic N) is 1. The fourth-order valence-corrected chi connectivity index (χ4v) is 4.46. The molecule has 2 aromatic carbocycles. The molecule has 6 heteroatoms. The third-order valence-electron chi connectivity index (χ3n) is 5.55. The molecule has 5 nitrogen and oxygen atoms in total. The van der Waals surface area contributed by atoms with Gasteiger partial charge in [-0.05, 0) is 63.3 Å². The van der Waals surface area contributed by atoms with Gasteiger partial charge in [0.1, 0.15) is 5.58 Å². The number of amides is 1. The van der Waals surface area contributed by atoms with E-state index in [-0.39, 0.29) is 23.2 Å². The van der Waals surface area contributed by atoms with Crippen LogP contribution in [0.2, 0.25) is 0 Å². The number of ether oxygens (including phenoxy) is 1.